The maximum atomic E-state index is 5.97. The van der Waals surface area contributed by atoms with Gasteiger partial charge in [-0.05, 0) is 49.8 Å². The van der Waals surface area contributed by atoms with Gasteiger partial charge in [0.2, 0.25) is 0 Å². The monoisotopic (exact) mass is 277 g/mol. The summed E-state index contributed by atoms with van der Waals surface area (Å²) in [5, 5.41) is 3.44. The molecule has 1 unspecified atom stereocenters. The molecule has 0 saturated carbocycles. The molecular weight excluding hydrogens is 246 g/mol. The molecule has 0 heterocycles. The van der Waals surface area contributed by atoms with Crippen molar-refractivity contribution in [2.75, 3.05) is 13.2 Å². The van der Waals surface area contributed by atoms with Crippen molar-refractivity contribution in [3.05, 3.63) is 29.8 Å². The quantitative estimate of drug-likeness (QED) is 0.623. The van der Waals surface area contributed by atoms with Gasteiger partial charge in [0.25, 0.3) is 0 Å². The van der Waals surface area contributed by atoms with E-state index in [0.717, 1.165) is 31.7 Å². The van der Waals surface area contributed by atoms with Crippen LogP contribution in [0.1, 0.15) is 64.9 Å². The van der Waals surface area contributed by atoms with Crippen molar-refractivity contribution in [2.24, 2.45) is 0 Å². The van der Waals surface area contributed by atoms with E-state index in [9.17, 15) is 0 Å². The van der Waals surface area contributed by atoms with E-state index in [1.54, 1.807) is 0 Å². The number of nitrogens with one attached hydrogen (secondary N) is 1. The summed E-state index contributed by atoms with van der Waals surface area (Å²) < 4.78 is 5.97. The molecule has 0 aliphatic rings. The van der Waals surface area contributed by atoms with Crippen LogP contribution in [-0.4, -0.2) is 19.2 Å². The molecule has 0 aromatic heterocycles. The van der Waals surface area contributed by atoms with E-state index in [-0.39, 0.29) is 0 Å². The number of hydrogen-bond donors (Lipinski definition) is 1. The number of benzene rings is 1. The fourth-order valence-electron chi connectivity index (χ4n) is 2.22. The molecular formula is C18H31NO. The normalized spacial score (nSPS) is 12.7. The summed E-state index contributed by atoms with van der Waals surface area (Å²) in [5.41, 5.74) is 1.34. The van der Waals surface area contributed by atoms with Crippen LogP contribution >= 0.6 is 0 Å². The molecule has 1 aromatic rings. The third-order valence-corrected chi connectivity index (χ3v) is 3.69. The first kappa shape index (κ1) is 17.0. The third kappa shape index (κ3) is 6.42. The lowest BCUT2D eigenvalue weighted by molar-refractivity contribution is 0.300. The van der Waals surface area contributed by atoms with Gasteiger partial charge < -0.3 is 10.1 Å². The first-order chi connectivity index (χ1) is 9.65. The summed E-state index contributed by atoms with van der Waals surface area (Å²) in [6, 6.07) is 9.05. The van der Waals surface area contributed by atoms with Crippen LogP contribution in [0, 0.1) is 0 Å². The zero-order chi connectivity index (χ0) is 14.8. The minimum absolute atomic E-state index is 0.571. The molecule has 1 aromatic carbocycles. The van der Waals surface area contributed by atoms with Gasteiger partial charge in [-0.15, -0.1) is 0 Å². The van der Waals surface area contributed by atoms with Crippen molar-refractivity contribution < 1.29 is 4.74 Å². The maximum absolute atomic E-state index is 5.97. The number of unbranched alkanes of at least 4 members (excludes halogenated alkanes) is 2. The summed E-state index contributed by atoms with van der Waals surface area (Å²) >= 11 is 0. The first-order valence-corrected chi connectivity index (χ1v) is 8.10. The minimum Gasteiger partial charge on any atom is -0.493 e. The highest BCUT2D eigenvalue weighted by atomic mass is 16.5. The van der Waals surface area contributed by atoms with Crippen molar-refractivity contribution in [1.82, 2.24) is 5.32 Å². The predicted molar refractivity (Wildman–Crippen MR) is 87.6 cm³/mol. The van der Waals surface area contributed by atoms with Crippen LogP contribution in [0.4, 0.5) is 0 Å². The van der Waals surface area contributed by atoms with Crippen molar-refractivity contribution in [2.45, 2.75) is 65.3 Å². The Morgan fingerprint density at radius 3 is 2.50 bits per heavy atom. The van der Waals surface area contributed by atoms with E-state index < -0.39 is 0 Å². The highest BCUT2D eigenvalue weighted by Crippen LogP contribution is 2.28. The molecule has 0 bridgehead atoms. The zero-order valence-corrected chi connectivity index (χ0v) is 13.6. The van der Waals surface area contributed by atoms with Gasteiger partial charge in [0.15, 0.2) is 0 Å². The summed E-state index contributed by atoms with van der Waals surface area (Å²) in [6.45, 7) is 10.8. The lowest BCUT2D eigenvalue weighted by atomic mass is 9.98. The summed E-state index contributed by atoms with van der Waals surface area (Å²) in [7, 11) is 0. The molecule has 114 valence electrons. The Morgan fingerprint density at radius 2 is 1.80 bits per heavy atom. The number of hydrogen-bond acceptors (Lipinski definition) is 2. The lowest BCUT2D eigenvalue weighted by Gasteiger charge is -2.15. The van der Waals surface area contributed by atoms with Crippen LogP contribution in [0.25, 0.3) is 0 Å². The Hall–Kier alpha value is -1.02. The van der Waals surface area contributed by atoms with Gasteiger partial charge >= 0.3 is 0 Å². The molecule has 0 saturated heterocycles. The molecule has 0 spiro atoms. The molecule has 0 fully saturated rings. The van der Waals surface area contributed by atoms with E-state index >= 15 is 0 Å². The molecule has 1 rings (SSSR count). The van der Waals surface area contributed by atoms with Crippen LogP contribution in [0.2, 0.25) is 0 Å². The molecule has 0 aliphatic heterocycles. The van der Waals surface area contributed by atoms with Crippen LogP contribution < -0.4 is 10.1 Å². The molecule has 20 heavy (non-hydrogen) atoms. The molecule has 1 atom stereocenters. The lowest BCUT2D eigenvalue weighted by Crippen LogP contribution is -2.23. The fourth-order valence-corrected chi connectivity index (χ4v) is 2.22. The van der Waals surface area contributed by atoms with Crippen molar-refractivity contribution in [1.29, 1.82) is 0 Å². The molecule has 2 nitrogen and oxygen atoms in total. The topological polar surface area (TPSA) is 21.3 Å². The predicted octanol–water partition coefficient (Wildman–Crippen LogP) is 4.75. The average molecular weight is 277 g/mol. The summed E-state index contributed by atoms with van der Waals surface area (Å²) in [4.78, 5) is 0. The van der Waals surface area contributed by atoms with Crippen LogP contribution in [0.5, 0.6) is 5.75 Å². The second-order valence-corrected chi connectivity index (χ2v) is 5.87. The number of rotatable bonds is 10. The van der Waals surface area contributed by atoms with Gasteiger partial charge in [-0.25, -0.2) is 0 Å². The maximum Gasteiger partial charge on any atom is 0.122 e. The standard InChI is InChI=1S/C18H31NO/c1-5-16(4)17-11-7-8-12-18(17)20-14-10-6-9-13-19-15(2)3/h7-8,11-12,15-16,19H,5-6,9-10,13-14H2,1-4H3. The number of para-hydroxylation sites is 1. The van der Waals surface area contributed by atoms with Gasteiger partial charge in [0.05, 0.1) is 6.61 Å². The van der Waals surface area contributed by atoms with E-state index in [1.165, 1.54) is 18.4 Å². The van der Waals surface area contributed by atoms with E-state index in [1.807, 2.05) is 0 Å². The average Bonchev–Trinajstić information content (AvgIpc) is 2.45. The van der Waals surface area contributed by atoms with Crippen molar-refractivity contribution >= 4 is 0 Å². The Balaban J connectivity index is 2.25. The highest BCUT2D eigenvalue weighted by molar-refractivity contribution is 5.35. The molecule has 0 radical (unpaired) electrons. The van der Waals surface area contributed by atoms with Crippen LogP contribution in [0.3, 0.4) is 0 Å². The Bertz CT molecular complexity index is 362. The smallest absolute Gasteiger partial charge is 0.122 e. The second kappa shape index (κ2) is 9.82. The van der Waals surface area contributed by atoms with Crippen LogP contribution in [-0.2, 0) is 0 Å². The van der Waals surface area contributed by atoms with Crippen LogP contribution in [0.15, 0.2) is 24.3 Å². The fraction of sp³-hybridized carbons (Fsp3) is 0.667. The summed E-state index contributed by atoms with van der Waals surface area (Å²) in [5.74, 6) is 1.64. The molecule has 1 N–H and O–H groups in total. The van der Waals surface area contributed by atoms with E-state index in [4.69, 9.17) is 4.74 Å². The van der Waals surface area contributed by atoms with E-state index in [0.29, 0.717) is 12.0 Å². The van der Waals surface area contributed by atoms with Gasteiger partial charge in [0, 0.05) is 6.04 Å². The molecule has 0 aliphatic carbocycles. The molecule has 2 heteroatoms. The van der Waals surface area contributed by atoms with Gasteiger partial charge in [-0.1, -0.05) is 45.9 Å². The van der Waals surface area contributed by atoms with Gasteiger partial charge in [0.1, 0.15) is 5.75 Å². The minimum atomic E-state index is 0.571. The SMILES string of the molecule is CCC(C)c1ccccc1OCCCCCNC(C)C. The first-order valence-electron chi connectivity index (χ1n) is 8.10. The van der Waals surface area contributed by atoms with E-state index in [2.05, 4.69) is 57.3 Å². The van der Waals surface area contributed by atoms with Crippen molar-refractivity contribution in [3.8, 4) is 5.75 Å². The Kier molecular flexibility index (Phi) is 8.36. The largest absolute Gasteiger partial charge is 0.493 e. The number of ether oxygens (including phenoxy) is 1. The third-order valence-electron chi connectivity index (χ3n) is 3.69. The zero-order valence-electron chi connectivity index (χ0n) is 13.6. The second-order valence-electron chi connectivity index (χ2n) is 5.87. The Labute approximate surface area is 124 Å². The van der Waals surface area contributed by atoms with Gasteiger partial charge in [-0.3, -0.25) is 0 Å². The summed E-state index contributed by atoms with van der Waals surface area (Å²) in [6.07, 6.45) is 4.75. The van der Waals surface area contributed by atoms with Crippen molar-refractivity contribution in [3.63, 3.8) is 0 Å². The Morgan fingerprint density at radius 1 is 1.05 bits per heavy atom. The molecule has 0 amide bonds. The van der Waals surface area contributed by atoms with Gasteiger partial charge in [-0.2, -0.15) is 0 Å². The highest BCUT2D eigenvalue weighted by Gasteiger charge is 2.08.